The Bertz CT molecular complexity index is 272. The van der Waals surface area contributed by atoms with E-state index in [1.54, 1.807) is 0 Å². The third kappa shape index (κ3) is 11.3. The molecule has 20 heavy (non-hydrogen) atoms. The van der Waals surface area contributed by atoms with Crippen LogP contribution in [0, 0.1) is 0 Å². The number of carbonyl (C=O) groups is 2. The molecule has 1 atom stereocenters. The molecule has 1 N–H and O–H groups in total. The summed E-state index contributed by atoms with van der Waals surface area (Å²) in [5, 5.41) is 3.66. The van der Waals surface area contributed by atoms with Gasteiger partial charge in [0, 0.05) is 0 Å². The van der Waals surface area contributed by atoms with Crippen LogP contribution < -0.4 is 5.32 Å². The van der Waals surface area contributed by atoms with Crippen LogP contribution in [0.15, 0.2) is 0 Å². The second kappa shape index (κ2) is 13.4. The predicted octanol–water partition coefficient (Wildman–Crippen LogP) is 2.96. The minimum atomic E-state index is -0.464. The predicted molar refractivity (Wildman–Crippen MR) is 83.0 cm³/mol. The van der Waals surface area contributed by atoms with E-state index in [0.717, 1.165) is 18.2 Å². The van der Waals surface area contributed by atoms with Gasteiger partial charge < -0.3 is 0 Å². The van der Waals surface area contributed by atoms with Crippen LogP contribution in [0.1, 0.15) is 58.8 Å². The molecule has 0 aliphatic carbocycles. The minimum absolute atomic E-state index is 0.171. The van der Waals surface area contributed by atoms with Crippen molar-refractivity contribution in [2.45, 2.75) is 76.0 Å². The van der Waals surface area contributed by atoms with E-state index in [-0.39, 0.29) is 11.9 Å². The van der Waals surface area contributed by atoms with Crippen LogP contribution >= 0.6 is 0 Å². The monoisotopic (exact) mass is 351 g/mol. The fourth-order valence-corrected chi connectivity index (χ4v) is 2.87. The molecular formula is C15H29NO3Se. The van der Waals surface area contributed by atoms with Crippen molar-refractivity contribution < 1.29 is 14.3 Å². The fraction of sp³-hybridized carbons (Fsp3) is 0.867. The van der Waals surface area contributed by atoms with E-state index in [2.05, 4.69) is 18.1 Å². The van der Waals surface area contributed by atoms with Crippen molar-refractivity contribution in [1.29, 1.82) is 0 Å². The summed E-state index contributed by atoms with van der Waals surface area (Å²) in [5.41, 5.74) is 0. The van der Waals surface area contributed by atoms with Crippen LogP contribution in [0.25, 0.3) is 0 Å². The van der Waals surface area contributed by atoms with E-state index >= 15 is 0 Å². The number of hydrogen-bond acceptors (Lipinski definition) is 3. The summed E-state index contributed by atoms with van der Waals surface area (Å²) in [7, 11) is 0. The average Bonchev–Trinajstić information content (AvgIpc) is 2.41. The van der Waals surface area contributed by atoms with Crippen molar-refractivity contribution in [2.75, 3.05) is 6.61 Å². The molecule has 0 fully saturated rings. The van der Waals surface area contributed by atoms with Gasteiger partial charge in [-0.15, -0.1) is 0 Å². The summed E-state index contributed by atoms with van der Waals surface area (Å²) in [6.07, 6.45) is 7.70. The standard InChI is InChI=1S/C15H29NO3Se/c1-4-5-6-7-8-9-11-19-15(18)14(10-12-20-3)16-13(2)17/h14H,4-12H2,1-3H3,(H,16,17)/t14-/m0/s1. The van der Waals surface area contributed by atoms with Crippen molar-refractivity contribution in [1.82, 2.24) is 5.32 Å². The maximum atomic E-state index is 11.9. The van der Waals surface area contributed by atoms with Crippen molar-refractivity contribution >= 4 is 26.8 Å². The first-order valence-corrected chi connectivity index (χ1v) is 10.5. The van der Waals surface area contributed by atoms with Gasteiger partial charge in [0.1, 0.15) is 0 Å². The molecule has 0 saturated heterocycles. The van der Waals surface area contributed by atoms with Gasteiger partial charge in [0.05, 0.1) is 0 Å². The first-order valence-electron chi connectivity index (χ1n) is 7.54. The molecule has 0 aromatic rings. The fourth-order valence-electron chi connectivity index (χ4n) is 1.89. The van der Waals surface area contributed by atoms with Crippen LogP contribution in [0.2, 0.25) is 11.1 Å². The summed E-state index contributed by atoms with van der Waals surface area (Å²) in [6.45, 7) is 4.10. The van der Waals surface area contributed by atoms with Crippen molar-refractivity contribution in [2.24, 2.45) is 0 Å². The Hall–Kier alpha value is -0.541. The van der Waals surface area contributed by atoms with Crippen LogP contribution in [0.4, 0.5) is 0 Å². The molecule has 0 unspecified atom stereocenters. The Morgan fingerprint density at radius 2 is 1.80 bits per heavy atom. The quantitative estimate of drug-likeness (QED) is 0.334. The third-order valence-electron chi connectivity index (χ3n) is 3.01. The van der Waals surface area contributed by atoms with Crippen LogP contribution in [0.5, 0.6) is 0 Å². The number of ether oxygens (including phenoxy) is 1. The molecule has 1 amide bonds. The van der Waals surface area contributed by atoms with Gasteiger partial charge >= 0.3 is 122 Å². The number of nitrogens with one attached hydrogen (secondary N) is 1. The topological polar surface area (TPSA) is 55.4 Å². The molecule has 0 aromatic carbocycles. The molecule has 0 aliphatic heterocycles. The molecule has 4 nitrogen and oxygen atoms in total. The second-order valence-electron chi connectivity index (χ2n) is 4.97. The maximum absolute atomic E-state index is 11.9. The molecule has 0 heterocycles. The average molecular weight is 350 g/mol. The van der Waals surface area contributed by atoms with E-state index < -0.39 is 6.04 Å². The Morgan fingerprint density at radius 1 is 1.15 bits per heavy atom. The Morgan fingerprint density at radius 3 is 2.40 bits per heavy atom. The Balaban J connectivity index is 3.79. The number of esters is 1. The van der Waals surface area contributed by atoms with E-state index in [4.69, 9.17) is 4.74 Å². The van der Waals surface area contributed by atoms with Gasteiger partial charge in [-0.3, -0.25) is 0 Å². The summed E-state index contributed by atoms with van der Waals surface area (Å²) in [6, 6.07) is -0.464. The number of rotatable bonds is 12. The molecule has 0 rings (SSSR count). The van der Waals surface area contributed by atoms with Gasteiger partial charge in [-0.05, 0) is 0 Å². The number of unbranched alkanes of at least 4 members (excludes halogenated alkanes) is 5. The number of amides is 1. The van der Waals surface area contributed by atoms with E-state index in [1.807, 2.05) is 0 Å². The zero-order valence-electron chi connectivity index (χ0n) is 13.1. The van der Waals surface area contributed by atoms with Crippen LogP contribution in [-0.2, 0) is 14.3 Å². The molecule has 5 heteroatoms. The summed E-state index contributed by atoms with van der Waals surface area (Å²) < 4.78 is 5.26. The third-order valence-corrected chi connectivity index (χ3v) is 4.37. The van der Waals surface area contributed by atoms with Crippen LogP contribution in [0.3, 0.4) is 0 Å². The molecule has 118 valence electrons. The second-order valence-corrected chi connectivity index (χ2v) is 7.04. The Kier molecular flexibility index (Phi) is 13.1. The first-order chi connectivity index (χ1) is 9.61. The number of carbonyl (C=O) groups excluding carboxylic acids is 2. The Labute approximate surface area is 129 Å². The zero-order chi connectivity index (χ0) is 15.2. The molecular weight excluding hydrogens is 321 g/mol. The van der Waals surface area contributed by atoms with Crippen molar-refractivity contribution in [3.8, 4) is 0 Å². The summed E-state index contributed by atoms with van der Waals surface area (Å²) >= 11 is 0.510. The van der Waals surface area contributed by atoms with Crippen molar-refractivity contribution in [3.05, 3.63) is 0 Å². The zero-order valence-corrected chi connectivity index (χ0v) is 14.8. The summed E-state index contributed by atoms with van der Waals surface area (Å²) in [5.74, 6) is 1.67. The molecule has 0 radical (unpaired) electrons. The first kappa shape index (κ1) is 19.5. The summed E-state index contributed by atoms with van der Waals surface area (Å²) in [4.78, 5) is 23.0. The van der Waals surface area contributed by atoms with E-state index in [9.17, 15) is 9.59 Å². The SMILES string of the molecule is CCCCCCCCOC(=O)[C@H](CC[Se]C)NC(C)=O. The van der Waals surface area contributed by atoms with Gasteiger partial charge in [-0.1, -0.05) is 6.92 Å². The van der Waals surface area contributed by atoms with Gasteiger partial charge in [0.25, 0.3) is 0 Å². The van der Waals surface area contributed by atoms with Gasteiger partial charge in [-0.25, -0.2) is 0 Å². The van der Waals surface area contributed by atoms with Gasteiger partial charge in [-0.2, -0.15) is 0 Å². The van der Waals surface area contributed by atoms with Crippen LogP contribution in [-0.4, -0.2) is 39.5 Å². The number of hydrogen-bond donors (Lipinski definition) is 1. The van der Waals surface area contributed by atoms with E-state index in [1.165, 1.54) is 32.6 Å². The molecule has 0 saturated carbocycles. The van der Waals surface area contributed by atoms with Gasteiger partial charge in [0.15, 0.2) is 0 Å². The van der Waals surface area contributed by atoms with E-state index in [0.29, 0.717) is 28.0 Å². The molecule has 0 aliphatic rings. The normalized spacial score (nSPS) is 11.9. The molecule has 0 bridgehead atoms. The van der Waals surface area contributed by atoms with Gasteiger partial charge in [0.2, 0.25) is 0 Å². The molecule has 0 spiro atoms. The molecule has 0 aromatic heterocycles. The van der Waals surface area contributed by atoms with Crippen molar-refractivity contribution in [3.63, 3.8) is 0 Å².